The number of nitrogens with zero attached hydrogens (tertiary/aromatic N) is 3. The van der Waals surface area contributed by atoms with Gasteiger partial charge in [-0.2, -0.15) is 31.4 Å². The zero-order chi connectivity index (χ0) is 28.5. The average molecular weight is 555 g/mol. The molecule has 3 amide bonds. The molecule has 2 aromatic carbocycles. The molecule has 16 heteroatoms. The second kappa shape index (κ2) is 10.1. The van der Waals surface area contributed by atoms with Gasteiger partial charge in [0.15, 0.2) is 5.82 Å². The highest BCUT2D eigenvalue weighted by atomic mass is 19.4. The molecule has 2 aromatic heterocycles. The minimum Gasteiger partial charge on any atom is -0.382 e. The summed E-state index contributed by atoms with van der Waals surface area (Å²) in [4.78, 5) is 28.7. The molecule has 0 saturated carbocycles. The number of urea groups is 1. The minimum atomic E-state index is -4.83. The van der Waals surface area contributed by atoms with E-state index in [1.54, 1.807) is 5.32 Å². The van der Waals surface area contributed by atoms with Crippen molar-refractivity contribution < 1.29 is 40.3 Å². The molecule has 2 heterocycles. The highest BCUT2D eigenvalue weighted by Gasteiger charge is 2.32. The Bertz CT molecular complexity index is 1550. The molecule has 0 aliphatic heterocycles. The van der Waals surface area contributed by atoms with E-state index in [1.165, 1.54) is 35.0 Å². The molecule has 0 saturated heterocycles. The number of carbonyl (C=O) groups is 2. The average Bonchev–Trinajstić information content (AvgIpc) is 3.22. The molecule has 39 heavy (non-hydrogen) atoms. The maximum absolute atomic E-state index is 13.6. The van der Waals surface area contributed by atoms with Gasteiger partial charge in [-0.15, -0.1) is 0 Å². The van der Waals surface area contributed by atoms with E-state index >= 15 is 0 Å². The number of hydrogen-bond donors (Lipinski definition) is 4. The van der Waals surface area contributed by atoms with Crippen LogP contribution in [0.5, 0.6) is 0 Å². The molecule has 4 rings (SSSR count). The quantitative estimate of drug-likeness (QED) is 0.256. The number of nitrogen functional groups attached to an aromatic ring is 1. The lowest BCUT2D eigenvalue weighted by molar-refractivity contribution is -0.137. The van der Waals surface area contributed by atoms with Crippen LogP contribution < -0.4 is 21.7 Å². The van der Waals surface area contributed by atoms with Crippen LogP contribution >= 0.6 is 0 Å². The number of nitrogens with one attached hydrogen (secondary N) is 3. The molecule has 0 aliphatic rings. The number of nitrogens with two attached hydrogens (primary N) is 1. The van der Waals surface area contributed by atoms with Gasteiger partial charge in [0, 0.05) is 23.1 Å². The summed E-state index contributed by atoms with van der Waals surface area (Å²) in [5.74, 6) is -2.32. The summed E-state index contributed by atoms with van der Waals surface area (Å²) >= 11 is 0. The first-order chi connectivity index (χ1) is 18.2. The normalized spacial score (nSPS) is 11.9. The van der Waals surface area contributed by atoms with Gasteiger partial charge in [0.25, 0.3) is 5.91 Å². The number of anilines is 3. The molecule has 0 atom stereocenters. The number of aromatic nitrogens is 3. The molecule has 9 nitrogen and oxygen atoms in total. The molecule has 5 N–H and O–H groups in total. The Morgan fingerprint density at radius 3 is 2.26 bits per heavy atom. The van der Waals surface area contributed by atoms with E-state index in [9.17, 15) is 40.3 Å². The Kier molecular flexibility index (Phi) is 7.04. The highest BCUT2D eigenvalue weighted by molar-refractivity contribution is 6.07. The number of alkyl halides is 6. The lowest BCUT2D eigenvalue weighted by atomic mass is 10.0. The fourth-order valence-corrected chi connectivity index (χ4v) is 3.61. The number of rotatable bonds is 5. The summed E-state index contributed by atoms with van der Waals surface area (Å²) in [5, 5.41) is 10.2. The van der Waals surface area contributed by atoms with Crippen LogP contribution in [0, 0.1) is 5.82 Å². The van der Waals surface area contributed by atoms with Crippen LogP contribution in [0.3, 0.4) is 0 Å². The first-order valence-corrected chi connectivity index (χ1v) is 10.7. The number of benzene rings is 2. The largest absolute Gasteiger partial charge is 0.416 e. The number of hydrogen-bond acceptors (Lipinski definition) is 5. The van der Waals surface area contributed by atoms with Crippen molar-refractivity contribution in [3.63, 3.8) is 0 Å². The maximum atomic E-state index is 13.6. The summed E-state index contributed by atoms with van der Waals surface area (Å²) in [7, 11) is 0. The first kappa shape index (κ1) is 27.2. The number of halogens is 7. The van der Waals surface area contributed by atoms with Crippen molar-refractivity contribution in [2.24, 2.45) is 0 Å². The number of carbonyl (C=O) groups excluding carboxylic acids is 2. The summed E-state index contributed by atoms with van der Waals surface area (Å²) in [6, 6.07) is 6.06. The summed E-state index contributed by atoms with van der Waals surface area (Å²) < 4.78 is 91.3. The predicted molar refractivity (Wildman–Crippen MR) is 125 cm³/mol. The second-order valence-electron chi connectivity index (χ2n) is 8.04. The van der Waals surface area contributed by atoms with Gasteiger partial charge in [-0.05, 0) is 35.9 Å². The van der Waals surface area contributed by atoms with Crippen LogP contribution in [0.4, 0.5) is 52.7 Å². The monoisotopic (exact) mass is 555 g/mol. The van der Waals surface area contributed by atoms with Gasteiger partial charge in [0.05, 0.1) is 11.1 Å². The fraction of sp³-hybridized carbons (Fsp3) is 0.130. The van der Waals surface area contributed by atoms with Gasteiger partial charge in [0.2, 0.25) is 0 Å². The highest BCUT2D eigenvalue weighted by Crippen LogP contribution is 2.34. The smallest absolute Gasteiger partial charge is 0.382 e. The lowest BCUT2D eigenvalue weighted by Crippen LogP contribution is -2.33. The van der Waals surface area contributed by atoms with Crippen molar-refractivity contribution in [2.45, 2.75) is 12.4 Å². The molecule has 0 spiro atoms. The van der Waals surface area contributed by atoms with E-state index in [2.05, 4.69) is 20.7 Å². The lowest BCUT2D eigenvalue weighted by Gasteiger charge is -2.12. The van der Waals surface area contributed by atoms with E-state index in [4.69, 9.17) is 5.73 Å². The molecular weight excluding hydrogens is 539 g/mol. The third kappa shape index (κ3) is 6.34. The van der Waals surface area contributed by atoms with Gasteiger partial charge < -0.3 is 21.7 Å². The van der Waals surface area contributed by atoms with Gasteiger partial charge in [-0.1, -0.05) is 12.1 Å². The Morgan fingerprint density at radius 1 is 0.949 bits per heavy atom. The van der Waals surface area contributed by atoms with Gasteiger partial charge in [0.1, 0.15) is 24.2 Å². The van der Waals surface area contributed by atoms with Crippen molar-refractivity contribution >= 4 is 34.6 Å². The van der Waals surface area contributed by atoms with Gasteiger partial charge >= 0.3 is 18.4 Å². The van der Waals surface area contributed by atoms with E-state index in [-0.39, 0.29) is 34.2 Å². The number of amides is 3. The zero-order valence-corrected chi connectivity index (χ0v) is 19.3. The van der Waals surface area contributed by atoms with Gasteiger partial charge in [-0.3, -0.25) is 4.79 Å². The van der Waals surface area contributed by atoms with Crippen LogP contribution in [-0.4, -0.2) is 39.3 Å². The van der Waals surface area contributed by atoms with Crippen LogP contribution in [-0.2, 0) is 6.18 Å². The van der Waals surface area contributed by atoms with Gasteiger partial charge in [-0.25, -0.2) is 18.7 Å². The summed E-state index contributed by atoms with van der Waals surface area (Å²) in [5.41, 5.74) is 4.69. The second-order valence-corrected chi connectivity index (χ2v) is 8.04. The first-order valence-electron chi connectivity index (χ1n) is 10.7. The van der Waals surface area contributed by atoms with Crippen molar-refractivity contribution in [1.82, 2.24) is 19.9 Å². The van der Waals surface area contributed by atoms with E-state index < -0.39 is 47.9 Å². The number of fused-ring (bicyclic) bond motifs is 1. The Labute approximate surface area is 213 Å². The Balaban J connectivity index is 1.58. The third-order valence-corrected chi connectivity index (χ3v) is 5.21. The standard InChI is InChI=1S/C23H16F7N7O2/c24-13-5-12(23(28,29)30)6-15(7-13)36-21(39)35-14-3-1-11(2-4-14)17-16(20(38)32-9-22(25,26)27)8-37-18(17)19(31)33-10-34-37/h1-8,10H,9H2,(H,32,38)(H2,31,33,34)(H2,35,36,39). The predicted octanol–water partition coefficient (Wildman–Crippen LogP) is 5.07. The molecular formula is C23H16F7N7O2. The Morgan fingerprint density at radius 2 is 1.62 bits per heavy atom. The molecule has 0 bridgehead atoms. The molecule has 0 unspecified atom stereocenters. The van der Waals surface area contributed by atoms with Crippen molar-refractivity contribution in [3.05, 3.63) is 71.9 Å². The molecule has 204 valence electrons. The SMILES string of the molecule is Nc1ncnn2cc(C(=O)NCC(F)(F)F)c(-c3ccc(NC(=O)Nc4cc(F)cc(C(F)(F)F)c4)cc3)c12. The van der Waals surface area contributed by atoms with Crippen LogP contribution in [0.15, 0.2) is 55.0 Å². The van der Waals surface area contributed by atoms with E-state index in [0.717, 1.165) is 6.33 Å². The molecule has 0 fully saturated rings. The van der Waals surface area contributed by atoms with Crippen LogP contribution in [0.2, 0.25) is 0 Å². The van der Waals surface area contributed by atoms with Crippen molar-refractivity contribution in [2.75, 3.05) is 22.9 Å². The topological polar surface area (TPSA) is 126 Å². The van der Waals surface area contributed by atoms with Crippen molar-refractivity contribution in [3.8, 4) is 11.1 Å². The molecule has 0 radical (unpaired) electrons. The summed E-state index contributed by atoms with van der Waals surface area (Å²) in [6.07, 6.45) is -7.21. The summed E-state index contributed by atoms with van der Waals surface area (Å²) in [6.45, 7) is -1.58. The van der Waals surface area contributed by atoms with Crippen molar-refractivity contribution in [1.29, 1.82) is 0 Å². The third-order valence-electron chi connectivity index (χ3n) is 5.21. The van der Waals surface area contributed by atoms with Crippen LogP contribution in [0.1, 0.15) is 15.9 Å². The molecule has 0 aliphatic carbocycles. The van der Waals surface area contributed by atoms with Crippen LogP contribution in [0.25, 0.3) is 16.6 Å². The fourth-order valence-electron chi connectivity index (χ4n) is 3.61. The minimum absolute atomic E-state index is 0.0650. The molecule has 4 aromatic rings. The van der Waals surface area contributed by atoms with E-state index in [1.807, 2.05) is 0 Å². The maximum Gasteiger partial charge on any atom is 0.416 e. The zero-order valence-electron chi connectivity index (χ0n) is 19.3. The van der Waals surface area contributed by atoms with E-state index in [0.29, 0.717) is 17.7 Å². The Hall–Kier alpha value is -4.89.